The van der Waals surface area contributed by atoms with Crippen molar-refractivity contribution in [2.45, 2.75) is 57.0 Å². The number of pyridine rings is 2. The Hall–Kier alpha value is -3.33. The van der Waals surface area contributed by atoms with Gasteiger partial charge in [-0.25, -0.2) is 28.2 Å². The van der Waals surface area contributed by atoms with Gasteiger partial charge in [0.25, 0.3) is 5.92 Å². The van der Waals surface area contributed by atoms with Crippen LogP contribution in [0.1, 0.15) is 12.0 Å². The van der Waals surface area contributed by atoms with Gasteiger partial charge in [0, 0.05) is 39.9 Å². The number of fused-ring (bicyclic) bond motifs is 1. The predicted molar refractivity (Wildman–Crippen MR) is 143 cm³/mol. The molecule has 0 bridgehead atoms. The molecule has 3 aromatic rings. The third kappa shape index (κ3) is 7.05. The summed E-state index contributed by atoms with van der Waals surface area (Å²) in [5.74, 6) is -3.69. The van der Waals surface area contributed by atoms with Gasteiger partial charge in [-0.05, 0) is 30.7 Å². The zero-order valence-corrected chi connectivity index (χ0v) is 23.7. The Balaban J connectivity index is 1.38. The van der Waals surface area contributed by atoms with Crippen LogP contribution in [0.2, 0.25) is 25.7 Å². The van der Waals surface area contributed by atoms with E-state index in [1.54, 1.807) is 16.9 Å². The lowest BCUT2D eigenvalue weighted by Gasteiger charge is -2.42. The lowest BCUT2D eigenvalue weighted by molar-refractivity contribution is -0.137. The first kappa shape index (κ1) is 29.6. The van der Waals surface area contributed by atoms with Gasteiger partial charge in [0.1, 0.15) is 18.6 Å². The molecule has 1 unspecified atom stereocenters. The topological polar surface area (TPSA) is 88.4 Å². The summed E-state index contributed by atoms with van der Waals surface area (Å²) in [4.78, 5) is 23.0. The average Bonchev–Trinajstić information content (AvgIpc) is 3.27. The fraction of sp³-hybridized carbons (Fsp3) is 0.520. The van der Waals surface area contributed by atoms with Crippen molar-refractivity contribution in [1.29, 1.82) is 0 Å². The van der Waals surface area contributed by atoms with E-state index >= 15 is 8.78 Å². The number of amides is 2. The minimum atomic E-state index is -4.63. The van der Waals surface area contributed by atoms with Crippen LogP contribution < -0.4 is 10.2 Å². The SMILES string of the molecule is CN(C(=O)Nc1cc(C(F)(F)F)ccn1)C1CCN(c2cnc3c(cnn3COCC[Si](C)(C)C)c2)CC1(F)F. The third-order valence-electron chi connectivity index (χ3n) is 6.71. The van der Waals surface area contributed by atoms with Crippen LogP contribution in [0.3, 0.4) is 0 Å². The van der Waals surface area contributed by atoms with Crippen molar-refractivity contribution in [2.75, 3.05) is 37.0 Å². The lowest BCUT2D eigenvalue weighted by atomic mass is 9.99. The Bertz CT molecular complexity index is 1350. The average molecular weight is 586 g/mol. The van der Waals surface area contributed by atoms with Crippen LogP contribution in [0, 0.1) is 0 Å². The first-order valence-electron chi connectivity index (χ1n) is 12.7. The molecule has 1 atom stereocenters. The van der Waals surface area contributed by atoms with Gasteiger partial charge < -0.3 is 14.5 Å². The van der Waals surface area contributed by atoms with E-state index in [-0.39, 0.29) is 25.5 Å². The van der Waals surface area contributed by atoms with Crippen LogP contribution in [-0.4, -0.2) is 77.5 Å². The number of carbonyl (C=O) groups excluding carboxylic acids is 1. The summed E-state index contributed by atoms with van der Waals surface area (Å²) in [6.45, 7) is 7.20. The van der Waals surface area contributed by atoms with E-state index in [1.807, 2.05) is 0 Å². The van der Waals surface area contributed by atoms with E-state index in [1.165, 1.54) is 18.1 Å². The molecule has 0 spiro atoms. The van der Waals surface area contributed by atoms with Crippen molar-refractivity contribution in [3.63, 3.8) is 0 Å². The monoisotopic (exact) mass is 585 g/mol. The Morgan fingerprint density at radius 3 is 2.65 bits per heavy atom. The Kier molecular flexibility index (Phi) is 8.35. The molecule has 15 heteroatoms. The first-order valence-corrected chi connectivity index (χ1v) is 16.4. The number of nitrogens with one attached hydrogen (secondary N) is 1. The standard InChI is InChI=1S/C25H32F5N7O2Si/c1-35(23(38)34-21-12-18(5-7-31-21)25(28,29)30)20-6-8-36(15-24(20,26)27)19-11-17-13-33-37(22(17)32-14-19)16-39-9-10-40(2,3)4/h5,7,11-14,20H,6,8-10,15-16H2,1-4H3,(H,31,34,38). The number of nitrogens with zero attached hydrogens (tertiary/aromatic N) is 6. The maximum absolute atomic E-state index is 15.3. The maximum Gasteiger partial charge on any atom is 0.416 e. The molecule has 0 aromatic carbocycles. The fourth-order valence-corrected chi connectivity index (χ4v) is 5.15. The van der Waals surface area contributed by atoms with Gasteiger partial charge in [0.05, 0.1) is 30.2 Å². The zero-order chi connectivity index (χ0) is 29.3. The molecule has 0 radical (unpaired) electrons. The van der Waals surface area contributed by atoms with Gasteiger partial charge >= 0.3 is 12.2 Å². The summed E-state index contributed by atoms with van der Waals surface area (Å²) < 4.78 is 76.8. The van der Waals surface area contributed by atoms with Gasteiger partial charge in [0.2, 0.25) is 0 Å². The van der Waals surface area contributed by atoms with Crippen LogP contribution >= 0.6 is 0 Å². The molecule has 4 heterocycles. The van der Waals surface area contributed by atoms with E-state index in [9.17, 15) is 18.0 Å². The molecule has 1 fully saturated rings. The molecular formula is C25H32F5N7O2Si. The Labute approximate surface area is 229 Å². The number of rotatable bonds is 8. The van der Waals surface area contributed by atoms with Crippen LogP contribution in [0.4, 0.5) is 38.3 Å². The molecule has 1 aliphatic rings. The molecule has 9 nitrogen and oxygen atoms in total. The highest BCUT2D eigenvalue weighted by Crippen LogP contribution is 2.34. The number of hydrogen-bond donors (Lipinski definition) is 1. The second-order valence-electron chi connectivity index (χ2n) is 11.1. The quantitative estimate of drug-likeness (QED) is 0.212. The molecule has 1 N–H and O–H groups in total. The molecule has 1 saturated heterocycles. The van der Waals surface area contributed by atoms with Gasteiger partial charge in [-0.1, -0.05) is 19.6 Å². The molecule has 4 rings (SSSR count). The van der Waals surface area contributed by atoms with Gasteiger partial charge in [-0.3, -0.25) is 5.32 Å². The number of aromatic nitrogens is 4. The number of halogens is 5. The number of anilines is 2. The number of hydrogen-bond acceptors (Lipinski definition) is 6. The lowest BCUT2D eigenvalue weighted by Crippen LogP contribution is -2.59. The van der Waals surface area contributed by atoms with Crippen LogP contribution in [-0.2, 0) is 17.6 Å². The highest BCUT2D eigenvalue weighted by molar-refractivity contribution is 6.76. The molecule has 2 amide bonds. The van der Waals surface area contributed by atoms with Crippen molar-refractivity contribution in [3.8, 4) is 0 Å². The van der Waals surface area contributed by atoms with E-state index in [4.69, 9.17) is 4.74 Å². The van der Waals surface area contributed by atoms with Crippen molar-refractivity contribution < 1.29 is 31.5 Å². The summed E-state index contributed by atoms with van der Waals surface area (Å²) in [6, 6.07) is 1.71. The summed E-state index contributed by atoms with van der Waals surface area (Å²) in [5, 5.41) is 7.17. The normalized spacial score (nSPS) is 17.7. The zero-order valence-electron chi connectivity index (χ0n) is 22.7. The van der Waals surface area contributed by atoms with Crippen LogP contribution in [0.5, 0.6) is 0 Å². The number of alkyl halides is 5. The molecule has 0 aliphatic carbocycles. The van der Waals surface area contributed by atoms with Crippen molar-refractivity contribution in [3.05, 3.63) is 42.4 Å². The highest BCUT2D eigenvalue weighted by atomic mass is 28.3. The number of carbonyl (C=O) groups is 1. The van der Waals surface area contributed by atoms with Gasteiger partial charge in [0.15, 0.2) is 5.65 Å². The van der Waals surface area contributed by atoms with Gasteiger partial charge in [-0.2, -0.15) is 18.3 Å². The number of urea groups is 1. The summed E-state index contributed by atoms with van der Waals surface area (Å²) in [6.07, 6.45) is -0.699. The molecule has 1 aliphatic heterocycles. The largest absolute Gasteiger partial charge is 0.416 e. The van der Waals surface area contributed by atoms with Crippen molar-refractivity contribution in [1.82, 2.24) is 24.6 Å². The minimum Gasteiger partial charge on any atom is -0.364 e. The fourth-order valence-electron chi connectivity index (χ4n) is 4.40. The summed E-state index contributed by atoms with van der Waals surface area (Å²) in [5.41, 5.74) is 0.0628. The molecule has 0 saturated carbocycles. The summed E-state index contributed by atoms with van der Waals surface area (Å²) >= 11 is 0. The number of ether oxygens (including phenoxy) is 1. The maximum atomic E-state index is 15.3. The molecular weight excluding hydrogens is 553 g/mol. The molecule has 218 valence electrons. The highest BCUT2D eigenvalue weighted by Gasteiger charge is 2.48. The van der Waals surface area contributed by atoms with Crippen molar-refractivity contribution in [2.24, 2.45) is 0 Å². The first-order chi connectivity index (χ1) is 18.6. The van der Waals surface area contributed by atoms with Crippen LogP contribution in [0.25, 0.3) is 11.0 Å². The summed E-state index contributed by atoms with van der Waals surface area (Å²) in [7, 11) is -0.0333. The Morgan fingerprint density at radius 2 is 1.98 bits per heavy atom. The van der Waals surface area contributed by atoms with E-state index in [0.717, 1.165) is 23.2 Å². The Morgan fingerprint density at radius 1 is 1.23 bits per heavy atom. The van der Waals surface area contributed by atoms with E-state index < -0.39 is 44.4 Å². The van der Waals surface area contributed by atoms with Crippen LogP contribution in [0.15, 0.2) is 36.8 Å². The third-order valence-corrected chi connectivity index (χ3v) is 8.41. The van der Waals surface area contributed by atoms with E-state index in [0.29, 0.717) is 29.4 Å². The predicted octanol–water partition coefficient (Wildman–Crippen LogP) is 5.54. The number of piperidine rings is 1. The molecule has 3 aromatic heterocycles. The van der Waals surface area contributed by atoms with Gasteiger partial charge in [-0.15, -0.1) is 0 Å². The second kappa shape index (κ2) is 11.3. The van der Waals surface area contributed by atoms with E-state index in [2.05, 4.69) is 40.0 Å². The molecule has 40 heavy (non-hydrogen) atoms. The smallest absolute Gasteiger partial charge is 0.364 e. The second-order valence-corrected chi connectivity index (χ2v) is 16.7. The minimum absolute atomic E-state index is 0.0742. The van der Waals surface area contributed by atoms with Crippen molar-refractivity contribution >= 4 is 36.6 Å².